The van der Waals surface area contributed by atoms with E-state index in [4.69, 9.17) is 10.5 Å². The second-order valence-electron chi connectivity index (χ2n) is 5.98. The molecule has 1 saturated heterocycles. The highest BCUT2D eigenvalue weighted by Gasteiger charge is 2.26. The van der Waals surface area contributed by atoms with Crippen LogP contribution in [0.4, 0.5) is 0 Å². The largest absolute Gasteiger partial charge is 0.435 e. The van der Waals surface area contributed by atoms with Crippen molar-refractivity contribution in [3.63, 3.8) is 0 Å². The average Bonchev–Trinajstić information content (AvgIpc) is 2.57. The number of amides is 1. The van der Waals surface area contributed by atoms with Crippen LogP contribution in [-0.2, 0) is 4.79 Å². The quantitative estimate of drug-likeness (QED) is 0.897. The van der Waals surface area contributed by atoms with E-state index in [2.05, 4.69) is 19.9 Å². The number of pyridine rings is 1. The summed E-state index contributed by atoms with van der Waals surface area (Å²) in [4.78, 5) is 26.3. The number of carbonyl (C=O) groups excluding carboxylic acids is 1. The van der Waals surface area contributed by atoms with Gasteiger partial charge in [0.1, 0.15) is 5.69 Å². The van der Waals surface area contributed by atoms with Gasteiger partial charge < -0.3 is 10.5 Å². The molecule has 0 radical (unpaired) electrons. The molecule has 2 aromatic rings. The van der Waals surface area contributed by atoms with Crippen molar-refractivity contribution in [2.45, 2.75) is 25.7 Å². The molecule has 24 heavy (non-hydrogen) atoms. The Morgan fingerprint density at radius 2 is 2.17 bits per heavy atom. The summed E-state index contributed by atoms with van der Waals surface area (Å²) in [6.07, 6.45) is 6.98. The summed E-state index contributed by atoms with van der Waals surface area (Å²) < 4.78 is 5.96. The minimum absolute atomic E-state index is 0.166. The molecule has 0 aromatic carbocycles. The molecule has 0 unspecified atom stereocenters. The molecule has 1 fully saturated rings. The lowest BCUT2D eigenvalue weighted by atomic mass is 9.94. The fraction of sp³-hybridized carbons (Fsp3) is 0.412. The SMILES string of the molecule is Cc1ncccc1Oc1nccnc1[C@@H]1CCCN(CC(N)=O)C1. The molecular formula is C17H21N5O2. The molecule has 126 valence electrons. The van der Waals surface area contributed by atoms with Gasteiger partial charge in [-0.2, -0.15) is 0 Å². The first-order valence-electron chi connectivity index (χ1n) is 8.04. The minimum atomic E-state index is -0.308. The van der Waals surface area contributed by atoms with Crippen LogP contribution in [0.3, 0.4) is 0 Å². The van der Waals surface area contributed by atoms with Gasteiger partial charge in [-0.05, 0) is 38.4 Å². The summed E-state index contributed by atoms with van der Waals surface area (Å²) in [5.41, 5.74) is 6.93. The first kappa shape index (κ1) is 16.3. The number of nitrogens with zero attached hydrogens (tertiary/aromatic N) is 4. The summed E-state index contributed by atoms with van der Waals surface area (Å²) in [5.74, 6) is 1.03. The third-order valence-corrected chi connectivity index (χ3v) is 4.13. The van der Waals surface area contributed by atoms with Crippen molar-refractivity contribution in [1.29, 1.82) is 0 Å². The molecule has 0 aliphatic carbocycles. The summed E-state index contributed by atoms with van der Waals surface area (Å²) in [6.45, 7) is 3.76. The Hall–Kier alpha value is -2.54. The van der Waals surface area contributed by atoms with Crippen LogP contribution >= 0.6 is 0 Å². The summed E-state index contributed by atoms with van der Waals surface area (Å²) in [6, 6.07) is 3.69. The van der Waals surface area contributed by atoms with E-state index in [0.717, 1.165) is 37.3 Å². The van der Waals surface area contributed by atoms with Gasteiger partial charge in [0.2, 0.25) is 11.8 Å². The van der Waals surface area contributed by atoms with E-state index in [-0.39, 0.29) is 18.4 Å². The molecule has 0 bridgehead atoms. The number of nitrogens with two attached hydrogens (primary N) is 1. The zero-order chi connectivity index (χ0) is 16.9. The van der Waals surface area contributed by atoms with E-state index in [1.807, 2.05) is 19.1 Å². The molecule has 0 spiro atoms. The third-order valence-electron chi connectivity index (χ3n) is 4.13. The van der Waals surface area contributed by atoms with Crippen LogP contribution < -0.4 is 10.5 Å². The highest BCUT2D eigenvalue weighted by atomic mass is 16.5. The van der Waals surface area contributed by atoms with Gasteiger partial charge in [-0.3, -0.25) is 19.7 Å². The first-order valence-corrected chi connectivity index (χ1v) is 8.04. The van der Waals surface area contributed by atoms with Gasteiger partial charge in [0, 0.05) is 31.1 Å². The number of primary amides is 1. The Balaban J connectivity index is 1.81. The van der Waals surface area contributed by atoms with Crippen LogP contribution in [0.5, 0.6) is 11.6 Å². The molecule has 7 nitrogen and oxygen atoms in total. The van der Waals surface area contributed by atoms with Gasteiger partial charge >= 0.3 is 0 Å². The molecule has 2 aromatic heterocycles. The number of aromatic nitrogens is 3. The number of piperidine rings is 1. The number of carbonyl (C=O) groups is 1. The molecule has 7 heteroatoms. The van der Waals surface area contributed by atoms with Gasteiger partial charge in [-0.15, -0.1) is 0 Å². The Bertz CT molecular complexity index is 722. The van der Waals surface area contributed by atoms with Crippen LogP contribution in [0.1, 0.15) is 30.1 Å². The van der Waals surface area contributed by atoms with Crippen LogP contribution in [0, 0.1) is 6.92 Å². The number of hydrogen-bond donors (Lipinski definition) is 1. The topological polar surface area (TPSA) is 94.2 Å². The van der Waals surface area contributed by atoms with E-state index in [1.165, 1.54) is 0 Å². The fourth-order valence-corrected chi connectivity index (χ4v) is 3.02. The van der Waals surface area contributed by atoms with E-state index in [9.17, 15) is 4.79 Å². The summed E-state index contributed by atoms with van der Waals surface area (Å²) in [5, 5.41) is 0. The Morgan fingerprint density at radius 3 is 2.96 bits per heavy atom. The molecule has 0 saturated carbocycles. The molecule has 1 amide bonds. The van der Waals surface area contributed by atoms with Crippen molar-refractivity contribution >= 4 is 5.91 Å². The molecular weight excluding hydrogens is 306 g/mol. The van der Waals surface area contributed by atoms with Crippen molar-refractivity contribution in [1.82, 2.24) is 19.9 Å². The number of rotatable bonds is 5. The second kappa shape index (κ2) is 7.35. The van der Waals surface area contributed by atoms with Crippen molar-refractivity contribution in [2.75, 3.05) is 19.6 Å². The monoisotopic (exact) mass is 327 g/mol. The normalized spacial score (nSPS) is 18.3. The number of aryl methyl sites for hydroxylation is 1. The zero-order valence-corrected chi connectivity index (χ0v) is 13.7. The first-order chi connectivity index (χ1) is 11.6. The average molecular weight is 327 g/mol. The van der Waals surface area contributed by atoms with Gasteiger partial charge in [0.15, 0.2) is 5.75 Å². The van der Waals surface area contributed by atoms with Gasteiger partial charge in [-0.25, -0.2) is 4.98 Å². The molecule has 2 N–H and O–H groups in total. The van der Waals surface area contributed by atoms with E-state index >= 15 is 0 Å². The predicted molar refractivity (Wildman–Crippen MR) is 88.7 cm³/mol. The van der Waals surface area contributed by atoms with E-state index < -0.39 is 0 Å². The highest BCUT2D eigenvalue weighted by molar-refractivity contribution is 5.75. The van der Waals surface area contributed by atoms with Crippen LogP contribution in [0.25, 0.3) is 0 Å². The molecule has 3 rings (SSSR count). The maximum Gasteiger partial charge on any atom is 0.241 e. The number of likely N-dealkylation sites (tertiary alicyclic amines) is 1. The van der Waals surface area contributed by atoms with E-state index in [0.29, 0.717) is 11.6 Å². The highest BCUT2D eigenvalue weighted by Crippen LogP contribution is 2.32. The lowest BCUT2D eigenvalue weighted by molar-refractivity contribution is -0.119. The van der Waals surface area contributed by atoms with Gasteiger partial charge in [0.25, 0.3) is 0 Å². The van der Waals surface area contributed by atoms with Crippen molar-refractivity contribution < 1.29 is 9.53 Å². The van der Waals surface area contributed by atoms with Crippen molar-refractivity contribution in [2.24, 2.45) is 5.73 Å². The van der Waals surface area contributed by atoms with Crippen molar-refractivity contribution in [3.05, 3.63) is 42.1 Å². The lowest BCUT2D eigenvalue weighted by Gasteiger charge is -2.31. The zero-order valence-electron chi connectivity index (χ0n) is 13.7. The second-order valence-corrected chi connectivity index (χ2v) is 5.98. The summed E-state index contributed by atoms with van der Waals surface area (Å²) in [7, 11) is 0. The molecule has 3 heterocycles. The van der Waals surface area contributed by atoms with Crippen LogP contribution in [0.15, 0.2) is 30.7 Å². The maximum atomic E-state index is 11.2. The molecule has 1 aliphatic heterocycles. The van der Waals surface area contributed by atoms with Crippen LogP contribution in [-0.4, -0.2) is 45.4 Å². The maximum absolute atomic E-state index is 11.2. The standard InChI is InChI=1S/C17H21N5O2/c1-12-14(5-2-6-19-12)24-17-16(20-7-8-21-17)13-4-3-9-22(10-13)11-15(18)23/h2,5-8,13H,3-4,9-11H2,1H3,(H2,18,23)/t13-/m1/s1. The fourth-order valence-electron chi connectivity index (χ4n) is 3.02. The smallest absolute Gasteiger partial charge is 0.241 e. The number of ether oxygens (including phenoxy) is 1. The molecule has 1 atom stereocenters. The van der Waals surface area contributed by atoms with Gasteiger partial charge in [-0.1, -0.05) is 0 Å². The summed E-state index contributed by atoms with van der Waals surface area (Å²) >= 11 is 0. The van der Waals surface area contributed by atoms with Gasteiger partial charge in [0.05, 0.1) is 12.2 Å². The minimum Gasteiger partial charge on any atom is -0.435 e. The Kier molecular flexibility index (Phi) is 5.00. The molecule has 1 aliphatic rings. The Labute approximate surface area is 140 Å². The third kappa shape index (κ3) is 3.86. The Morgan fingerprint density at radius 1 is 1.33 bits per heavy atom. The van der Waals surface area contributed by atoms with E-state index in [1.54, 1.807) is 18.6 Å². The number of hydrogen-bond acceptors (Lipinski definition) is 6. The van der Waals surface area contributed by atoms with Crippen LogP contribution in [0.2, 0.25) is 0 Å². The lowest BCUT2D eigenvalue weighted by Crippen LogP contribution is -2.40. The van der Waals surface area contributed by atoms with Crippen molar-refractivity contribution in [3.8, 4) is 11.6 Å². The predicted octanol–water partition coefficient (Wildman–Crippen LogP) is 1.64.